The predicted octanol–water partition coefficient (Wildman–Crippen LogP) is 1.82. The lowest BCUT2D eigenvalue weighted by Gasteiger charge is -2.25. The van der Waals surface area contributed by atoms with E-state index < -0.39 is 11.8 Å². The van der Waals surface area contributed by atoms with Crippen molar-refractivity contribution in [2.24, 2.45) is 0 Å². The second-order valence-electron chi connectivity index (χ2n) is 5.03. The lowest BCUT2D eigenvalue weighted by molar-refractivity contribution is 0.0844. The van der Waals surface area contributed by atoms with Crippen molar-refractivity contribution in [3.8, 4) is 0 Å². The molecule has 126 valence electrons. The predicted molar refractivity (Wildman–Crippen MR) is 94.2 cm³/mol. The second-order valence-corrected chi connectivity index (χ2v) is 6.79. The standard InChI is InChI=1S/C15H15BrN4O3S/c16-11-3-1-2-10(8-11)13(21)18-19-14(22)12-9-24-15(17-12)20-4-6-23-7-5-20/h1-3,8-9H,4-7H2,(H,18,21)(H,19,22). The Labute approximate surface area is 151 Å². The number of morpholine rings is 1. The SMILES string of the molecule is O=C(NNC(=O)c1csc(N2CCOCC2)n1)c1cccc(Br)c1. The van der Waals surface area contributed by atoms with E-state index in [-0.39, 0.29) is 5.69 Å². The molecule has 0 spiro atoms. The summed E-state index contributed by atoms with van der Waals surface area (Å²) >= 11 is 4.69. The molecule has 1 saturated heterocycles. The molecule has 0 atom stereocenters. The van der Waals surface area contributed by atoms with Gasteiger partial charge in [-0.05, 0) is 18.2 Å². The maximum Gasteiger partial charge on any atom is 0.289 e. The zero-order valence-corrected chi connectivity index (χ0v) is 15.0. The van der Waals surface area contributed by atoms with Crippen molar-refractivity contribution in [1.82, 2.24) is 15.8 Å². The number of thiazole rings is 1. The van der Waals surface area contributed by atoms with Gasteiger partial charge >= 0.3 is 0 Å². The number of hydrazine groups is 1. The Bertz CT molecular complexity index is 746. The highest BCUT2D eigenvalue weighted by Gasteiger charge is 2.18. The van der Waals surface area contributed by atoms with Crippen molar-refractivity contribution in [2.45, 2.75) is 0 Å². The third-order valence-corrected chi connectivity index (χ3v) is 4.78. The fourth-order valence-electron chi connectivity index (χ4n) is 2.15. The molecule has 2 N–H and O–H groups in total. The van der Waals surface area contributed by atoms with Gasteiger partial charge in [-0.1, -0.05) is 22.0 Å². The van der Waals surface area contributed by atoms with E-state index in [4.69, 9.17) is 4.74 Å². The number of hydrogen-bond donors (Lipinski definition) is 2. The van der Waals surface area contributed by atoms with Crippen LogP contribution < -0.4 is 15.8 Å². The van der Waals surface area contributed by atoms with E-state index >= 15 is 0 Å². The summed E-state index contributed by atoms with van der Waals surface area (Å²) in [5, 5.41) is 2.45. The maximum atomic E-state index is 12.1. The number of ether oxygens (including phenoxy) is 1. The fourth-order valence-corrected chi connectivity index (χ4v) is 3.41. The number of aromatic nitrogens is 1. The van der Waals surface area contributed by atoms with Crippen LogP contribution in [0, 0.1) is 0 Å². The minimum atomic E-state index is -0.450. The summed E-state index contributed by atoms with van der Waals surface area (Å²) in [7, 11) is 0. The van der Waals surface area contributed by atoms with Crippen LogP contribution in [-0.2, 0) is 4.74 Å². The summed E-state index contributed by atoms with van der Waals surface area (Å²) in [5.74, 6) is -0.845. The summed E-state index contributed by atoms with van der Waals surface area (Å²) in [6.07, 6.45) is 0. The van der Waals surface area contributed by atoms with Crippen molar-refractivity contribution in [1.29, 1.82) is 0 Å². The second kappa shape index (κ2) is 7.73. The van der Waals surface area contributed by atoms with Crippen LogP contribution in [0.2, 0.25) is 0 Å². The highest BCUT2D eigenvalue weighted by atomic mass is 79.9. The van der Waals surface area contributed by atoms with Gasteiger partial charge in [-0.2, -0.15) is 0 Å². The molecular formula is C15H15BrN4O3S. The Hall–Kier alpha value is -1.97. The molecule has 2 aromatic rings. The number of hydrogen-bond acceptors (Lipinski definition) is 6. The van der Waals surface area contributed by atoms with Gasteiger partial charge in [0.15, 0.2) is 5.13 Å². The van der Waals surface area contributed by atoms with Crippen LogP contribution in [0.15, 0.2) is 34.1 Å². The number of amides is 2. The third-order valence-electron chi connectivity index (χ3n) is 3.38. The van der Waals surface area contributed by atoms with Crippen LogP contribution in [-0.4, -0.2) is 43.1 Å². The number of rotatable bonds is 3. The summed E-state index contributed by atoms with van der Waals surface area (Å²) in [6, 6.07) is 6.89. The number of benzene rings is 1. The van der Waals surface area contributed by atoms with E-state index in [0.29, 0.717) is 18.8 Å². The first-order valence-corrected chi connectivity index (χ1v) is 8.95. The number of nitrogens with one attached hydrogen (secondary N) is 2. The molecule has 0 aliphatic carbocycles. The van der Waals surface area contributed by atoms with Gasteiger partial charge in [0, 0.05) is 28.5 Å². The summed E-state index contributed by atoms with van der Waals surface area (Å²) < 4.78 is 6.08. The van der Waals surface area contributed by atoms with E-state index in [2.05, 4.69) is 36.7 Å². The number of nitrogens with zero attached hydrogens (tertiary/aromatic N) is 2. The molecule has 0 bridgehead atoms. The molecule has 0 saturated carbocycles. The molecule has 1 aromatic heterocycles. The van der Waals surface area contributed by atoms with Crippen molar-refractivity contribution < 1.29 is 14.3 Å². The van der Waals surface area contributed by atoms with Crippen molar-refractivity contribution in [3.63, 3.8) is 0 Å². The van der Waals surface area contributed by atoms with E-state index in [1.807, 2.05) is 6.07 Å². The van der Waals surface area contributed by atoms with Gasteiger partial charge in [0.25, 0.3) is 11.8 Å². The molecule has 7 nitrogen and oxygen atoms in total. The molecule has 0 radical (unpaired) electrons. The van der Waals surface area contributed by atoms with Crippen molar-refractivity contribution >= 4 is 44.2 Å². The smallest absolute Gasteiger partial charge is 0.289 e. The van der Waals surface area contributed by atoms with E-state index in [0.717, 1.165) is 22.7 Å². The van der Waals surface area contributed by atoms with Crippen LogP contribution in [0.3, 0.4) is 0 Å². The summed E-state index contributed by atoms with van der Waals surface area (Å²) in [4.78, 5) is 30.5. The summed E-state index contributed by atoms with van der Waals surface area (Å²) in [5.41, 5.74) is 5.48. The number of carbonyl (C=O) groups is 2. The molecule has 2 amide bonds. The Morgan fingerprint density at radius 3 is 2.71 bits per heavy atom. The van der Waals surface area contributed by atoms with Crippen LogP contribution in [0.5, 0.6) is 0 Å². The van der Waals surface area contributed by atoms with Crippen molar-refractivity contribution in [3.05, 3.63) is 45.4 Å². The van der Waals surface area contributed by atoms with Gasteiger partial charge in [0.2, 0.25) is 0 Å². The Morgan fingerprint density at radius 2 is 1.96 bits per heavy atom. The molecule has 0 unspecified atom stereocenters. The lowest BCUT2D eigenvalue weighted by Crippen LogP contribution is -2.41. The Balaban J connectivity index is 1.57. The van der Waals surface area contributed by atoms with Crippen LogP contribution >= 0.6 is 27.3 Å². The van der Waals surface area contributed by atoms with Crippen molar-refractivity contribution in [2.75, 3.05) is 31.2 Å². The average molecular weight is 411 g/mol. The highest BCUT2D eigenvalue weighted by Crippen LogP contribution is 2.21. The zero-order valence-electron chi connectivity index (χ0n) is 12.6. The fraction of sp³-hybridized carbons (Fsp3) is 0.267. The van der Waals surface area contributed by atoms with E-state index in [9.17, 15) is 9.59 Å². The molecule has 1 fully saturated rings. The van der Waals surface area contributed by atoms with E-state index in [1.54, 1.807) is 23.6 Å². The first kappa shape index (κ1) is 16.9. The first-order valence-electron chi connectivity index (χ1n) is 7.28. The largest absolute Gasteiger partial charge is 0.378 e. The molecule has 9 heteroatoms. The van der Waals surface area contributed by atoms with Crippen LogP contribution in [0.25, 0.3) is 0 Å². The van der Waals surface area contributed by atoms with Crippen LogP contribution in [0.1, 0.15) is 20.8 Å². The Kier molecular flexibility index (Phi) is 5.44. The van der Waals surface area contributed by atoms with Crippen LogP contribution in [0.4, 0.5) is 5.13 Å². The molecule has 3 rings (SSSR count). The number of halogens is 1. The molecular weight excluding hydrogens is 396 g/mol. The molecule has 2 heterocycles. The molecule has 24 heavy (non-hydrogen) atoms. The van der Waals surface area contributed by atoms with Gasteiger partial charge in [-0.3, -0.25) is 20.4 Å². The van der Waals surface area contributed by atoms with Gasteiger partial charge in [-0.25, -0.2) is 4.98 Å². The monoisotopic (exact) mass is 410 g/mol. The topological polar surface area (TPSA) is 83.6 Å². The van der Waals surface area contributed by atoms with Gasteiger partial charge in [0.1, 0.15) is 5.69 Å². The Morgan fingerprint density at radius 1 is 1.21 bits per heavy atom. The number of carbonyl (C=O) groups excluding carboxylic acids is 2. The van der Waals surface area contributed by atoms with Gasteiger partial charge in [0.05, 0.1) is 13.2 Å². The molecule has 1 aliphatic heterocycles. The first-order chi connectivity index (χ1) is 11.6. The maximum absolute atomic E-state index is 12.1. The number of anilines is 1. The normalized spacial score (nSPS) is 14.3. The zero-order chi connectivity index (χ0) is 16.9. The summed E-state index contributed by atoms with van der Waals surface area (Å²) in [6.45, 7) is 2.83. The minimum absolute atomic E-state index is 0.274. The average Bonchev–Trinajstić information content (AvgIpc) is 3.10. The molecule has 1 aliphatic rings. The van der Waals surface area contributed by atoms with Gasteiger partial charge in [-0.15, -0.1) is 11.3 Å². The van der Waals surface area contributed by atoms with Gasteiger partial charge < -0.3 is 9.64 Å². The minimum Gasteiger partial charge on any atom is -0.378 e. The third kappa shape index (κ3) is 4.11. The van der Waals surface area contributed by atoms with E-state index in [1.165, 1.54) is 11.3 Å². The lowest BCUT2D eigenvalue weighted by atomic mass is 10.2. The highest BCUT2D eigenvalue weighted by molar-refractivity contribution is 9.10. The quantitative estimate of drug-likeness (QED) is 0.753. The molecule has 1 aromatic carbocycles.